The van der Waals surface area contributed by atoms with Gasteiger partial charge in [-0.3, -0.25) is 87.5 Å². The van der Waals surface area contributed by atoms with Gasteiger partial charge in [0.1, 0.15) is 90.3 Å². The number of carboxylic acid groups (broad SMARTS) is 1. The minimum Gasteiger partial charge on any atom is -0.508 e. The summed E-state index contributed by atoms with van der Waals surface area (Å²) >= 11 is 4.04. The number of likely N-dealkylation sites (tertiary alicyclic amines) is 5. The minimum absolute atomic E-state index is 0.00844. The summed E-state index contributed by atoms with van der Waals surface area (Å²) in [5, 5.41) is 80.4. The summed E-state index contributed by atoms with van der Waals surface area (Å²) in [4.78, 5) is 256. The van der Waals surface area contributed by atoms with E-state index >= 15 is 0 Å². The van der Waals surface area contributed by atoms with E-state index < -0.39 is 199 Å². The van der Waals surface area contributed by atoms with Crippen LogP contribution in [0.4, 0.5) is 0 Å². The Labute approximate surface area is 754 Å². The van der Waals surface area contributed by atoms with Crippen molar-refractivity contribution in [2.45, 2.75) is 227 Å². The Morgan fingerprint density at radius 2 is 0.985 bits per heavy atom. The molecule has 706 valence electrons. The Bertz CT molecular complexity index is 4790. The van der Waals surface area contributed by atoms with Crippen molar-refractivity contribution in [2.24, 2.45) is 17.4 Å². The molecule has 6 aliphatic rings. The van der Waals surface area contributed by atoms with Crippen molar-refractivity contribution in [3.05, 3.63) is 84.1 Å². The number of aliphatic hydroxyl groups excluding tert-OH is 1. The number of aliphatic carboxylic acids is 1. The average molecular weight is 1830 g/mol. The molecule has 10 rings (SSSR count). The number of H-pyrrole nitrogens is 2. The van der Waals surface area contributed by atoms with E-state index in [0.717, 1.165) is 0 Å². The molecule has 0 unspecified atom stereocenters. The zero-order valence-electron chi connectivity index (χ0n) is 72.5. The number of hydrogen-bond donors (Lipinski definition) is 23. The van der Waals surface area contributed by atoms with E-state index in [9.17, 15) is 96.8 Å². The van der Waals surface area contributed by atoms with Crippen LogP contribution in [0.5, 0.6) is 5.75 Å². The number of imidazole rings is 1. The number of benzene rings is 2. The van der Waals surface area contributed by atoms with Crippen LogP contribution >= 0.6 is 12.6 Å². The maximum absolute atomic E-state index is 14.9. The van der Waals surface area contributed by atoms with Crippen LogP contribution in [0.25, 0.3) is 10.9 Å². The number of carbonyl (C=O) groups is 17. The van der Waals surface area contributed by atoms with Crippen molar-refractivity contribution in [3.63, 3.8) is 0 Å². The highest BCUT2D eigenvalue weighted by Gasteiger charge is 2.50. The number of nitrogens with zero attached hydrogens (tertiary/aromatic N) is 6. The number of carbonyl (C=O) groups excluding carboxylic acids is 16. The first-order valence-corrected chi connectivity index (χ1v) is 44.5. The molecule has 2 aromatic carbocycles. The lowest BCUT2D eigenvalue weighted by atomic mass is 10.0. The Morgan fingerprint density at radius 3 is 1.52 bits per heavy atom. The molecule has 8 heterocycles. The van der Waals surface area contributed by atoms with Crippen LogP contribution < -0.4 is 80.6 Å². The third-order valence-electron chi connectivity index (χ3n) is 23.8. The van der Waals surface area contributed by atoms with Crippen LogP contribution in [0.3, 0.4) is 0 Å². The van der Waals surface area contributed by atoms with Gasteiger partial charge in [-0.05, 0) is 138 Å². The highest BCUT2D eigenvalue weighted by molar-refractivity contribution is 7.80. The van der Waals surface area contributed by atoms with Crippen LogP contribution in [0, 0.1) is 16.7 Å². The molecule has 0 aliphatic carbocycles. The van der Waals surface area contributed by atoms with Crippen molar-refractivity contribution < 1.29 is 96.8 Å². The van der Waals surface area contributed by atoms with Gasteiger partial charge < -0.3 is 130 Å². The summed E-state index contributed by atoms with van der Waals surface area (Å²) in [5.41, 5.74) is 13.2. The number of hydrogen-bond acceptors (Lipinski definition) is 23. The smallest absolute Gasteiger partial charge is 0.327 e. The van der Waals surface area contributed by atoms with Crippen LogP contribution in [0.15, 0.2) is 67.3 Å². The first-order valence-electron chi connectivity index (χ1n) is 43.9. The van der Waals surface area contributed by atoms with E-state index in [1.807, 2.05) is 0 Å². The highest BCUT2D eigenvalue weighted by atomic mass is 32.1. The second-order valence-corrected chi connectivity index (χ2v) is 34.0. The number of phenols is 1. The summed E-state index contributed by atoms with van der Waals surface area (Å²) in [6.07, 6.45) is 7.25. The molecule has 16 amide bonds. The van der Waals surface area contributed by atoms with Gasteiger partial charge in [0.15, 0.2) is 11.9 Å². The van der Waals surface area contributed by atoms with Crippen molar-refractivity contribution in [2.75, 3.05) is 71.3 Å². The van der Waals surface area contributed by atoms with E-state index in [0.29, 0.717) is 59.8 Å². The van der Waals surface area contributed by atoms with Crippen LogP contribution in [-0.2, 0) is 101 Å². The molecule has 2 aromatic heterocycles. The molecule has 6 aliphatic heterocycles. The standard InChI is InChI=1S/C84H119N25O20S/c1-45(2)34-55(98-68(114)40-93-69(115)56(35-46-21-23-49(111)24-22-46)100-74(120)59(42-110)103-72(118)57(36-47-38-92-51-13-4-3-12-50(47)51)101-73(119)58(37-48-39-89-44-95-48)102-70(116)52-25-26-66(112)96-52)71(117)99-54(15-6-28-91-84(87)88)78(124)105-29-7-16-61(105)75(121)94-41-67(113)97-53(14-5-27-90-83(85)86)77(123)107-31-9-18-63(107)80(126)109-33-11-20-65(109)81(127)108-32-10-19-64(108)79(125)106-30-8-17-62(106)76(122)104-60(43-130)82(128)129/h3-4,12-13,21-24,38-39,44-45,52-65,92,110-111,130H,5-11,14-20,25-37,40-43H2,1-2H3,(H,89,95)(H,93,115)(H,94,121)(H,96,112)(H,97,113)(H,98,114)(H,99,117)(H,100,120)(H,101,119)(H,102,116)(H,103,118)(H,104,122)(H,128,129)(H4,85,86,90)(H4,87,88,91)/t52-,53-,54-,55-,56-,57-,58-,59-,60-,61-,62-,63-,64-,65-/m0/s1. The maximum Gasteiger partial charge on any atom is 0.327 e. The lowest BCUT2D eigenvalue weighted by Gasteiger charge is -2.36. The van der Waals surface area contributed by atoms with Crippen molar-refractivity contribution in [1.82, 2.24) is 109 Å². The Balaban J connectivity index is 0.762. The fourth-order valence-corrected chi connectivity index (χ4v) is 17.5. The number of phenolic OH excluding ortho intramolecular Hbond substituents is 1. The molecular weight excluding hydrogens is 1710 g/mol. The van der Waals surface area contributed by atoms with E-state index in [4.69, 9.17) is 22.3 Å². The van der Waals surface area contributed by atoms with Crippen molar-refractivity contribution in [3.8, 4) is 5.75 Å². The molecule has 45 nitrogen and oxygen atoms in total. The normalized spacial score (nSPS) is 20.1. The number of aromatic hydroxyl groups is 1. The van der Waals surface area contributed by atoms with Gasteiger partial charge in [-0.2, -0.15) is 12.6 Å². The minimum atomic E-state index is -1.82. The van der Waals surface area contributed by atoms with Gasteiger partial charge in [0.25, 0.3) is 0 Å². The summed E-state index contributed by atoms with van der Waals surface area (Å²) in [7, 11) is 0. The quantitative estimate of drug-likeness (QED) is 0.00850. The third kappa shape index (κ3) is 27.0. The van der Waals surface area contributed by atoms with Gasteiger partial charge in [0, 0.05) is 106 Å². The summed E-state index contributed by atoms with van der Waals surface area (Å²) in [5.74, 6) is -14.5. The molecule has 0 bridgehead atoms. The Hall–Kier alpha value is -13.2. The van der Waals surface area contributed by atoms with E-state index in [1.54, 1.807) is 44.3 Å². The van der Waals surface area contributed by atoms with E-state index in [2.05, 4.69) is 96.7 Å². The van der Waals surface area contributed by atoms with Gasteiger partial charge in [0.2, 0.25) is 94.5 Å². The number of amides is 16. The lowest BCUT2D eigenvalue weighted by Crippen LogP contribution is -2.60. The van der Waals surface area contributed by atoms with Crippen molar-refractivity contribution in [1.29, 1.82) is 10.8 Å². The third-order valence-corrected chi connectivity index (χ3v) is 24.2. The molecule has 46 heteroatoms. The topological polar surface area (TPSA) is 668 Å². The predicted octanol–water partition coefficient (Wildman–Crippen LogP) is -5.45. The molecule has 6 saturated heterocycles. The molecule has 0 spiro atoms. The number of para-hydroxylation sites is 1. The monoisotopic (exact) mass is 1830 g/mol. The predicted molar refractivity (Wildman–Crippen MR) is 469 cm³/mol. The van der Waals surface area contributed by atoms with E-state index in [-0.39, 0.29) is 177 Å². The number of aromatic nitrogens is 3. The largest absolute Gasteiger partial charge is 0.508 e. The molecule has 0 radical (unpaired) electrons. The van der Waals surface area contributed by atoms with Gasteiger partial charge in [-0.25, -0.2) is 9.78 Å². The van der Waals surface area contributed by atoms with Crippen molar-refractivity contribution >= 4 is 136 Å². The second-order valence-electron chi connectivity index (χ2n) is 33.7. The molecule has 6 fully saturated rings. The summed E-state index contributed by atoms with van der Waals surface area (Å²) in [6, 6.07) is -5.16. The van der Waals surface area contributed by atoms with Crippen LogP contribution in [0.2, 0.25) is 0 Å². The lowest BCUT2D eigenvalue weighted by molar-refractivity contribution is -0.153. The Morgan fingerprint density at radius 1 is 0.515 bits per heavy atom. The summed E-state index contributed by atoms with van der Waals surface area (Å²) in [6.45, 7) is 1.72. The zero-order valence-corrected chi connectivity index (χ0v) is 73.4. The second kappa shape index (κ2) is 47.2. The van der Waals surface area contributed by atoms with Crippen LogP contribution in [0.1, 0.15) is 140 Å². The average Bonchev–Trinajstić information content (AvgIpc) is 1.64. The van der Waals surface area contributed by atoms with Gasteiger partial charge in [0.05, 0.1) is 26.0 Å². The molecule has 0 saturated carbocycles. The molecule has 24 N–H and O–H groups in total. The number of carboxylic acids is 1. The van der Waals surface area contributed by atoms with Gasteiger partial charge >= 0.3 is 5.97 Å². The number of fused-ring (bicyclic) bond motifs is 1. The number of nitrogens with one attached hydrogen (secondary N) is 17. The molecule has 130 heavy (non-hydrogen) atoms. The van der Waals surface area contributed by atoms with E-state index in [1.165, 1.54) is 61.3 Å². The number of guanidine groups is 2. The maximum atomic E-state index is 14.9. The number of thiol groups is 1. The summed E-state index contributed by atoms with van der Waals surface area (Å²) < 4.78 is 0. The number of aliphatic hydroxyl groups is 1. The SMILES string of the molecule is CC(C)C[C@H](NC(=O)CNC(=O)[C@H](Cc1ccc(O)cc1)NC(=O)[C@H](CO)NC(=O)[C@H](Cc1c[nH]c2ccccc12)NC(=O)[C@H](Cc1cnc[nH]1)NC(=O)[C@@H]1CCC(=O)N1)C(=O)N[C@@H](CCCNC(=N)N)C(=O)N1CCC[C@H]1C(=O)NCC(=O)N[C@@H](CCCNC(=N)N)C(=O)N1CCC[C@H]1C(=O)N1CCC[C@H]1C(=O)N1CCC[C@H]1C(=O)N1CCC[C@H]1C(=O)N[C@@H](CS)C(=O)O. The molecule has 14 atom stereocenters. The van der Waals surface area contributed by atoms with Gasteiger partial charge in [-0.1, -0.05) is 44.2 Å². The number of rotatable bonds is 44. The first kappa shape index (κ1) is 99.0. The number of aromatic amines is 2. The number of nitrogens with two attached hydrogens (primary N) is 2. The molecular formula is C84H119N25O20S. The Kier molecular flexibility index (Phi) is 36.0. The van der Waals surface area contributed by atoms with Crippen LogP contribution in [-0.4, -0.2) is 323 Å². The zero-order chi connectivity index (χ0) is 94.0. The van der Waals surface area contributed by atoms with Gasteiger partial charge in [-0.15, -0.1) is 0 Å². The first-order chi connectivity index (χ1) is 62.2. The fourth-order valence-electron chi connectivity index (χ4n) is 17.2. The molecule has 4 aromatic rings. The highest BCUT2D eigenvalue weighted by Crippen LogP contribution is 2.32. The fraction of sp³-hybridized carbons (Fsp3) is 0.571.